The Morgan fingerprint density at radius 3 is 2.75 bits per heavy atom. The van der Waals surface area contributed by atoms with Crippen LogP contribution in [0.2, 0.25) is 0 Å². The van der Waals surface area contributed by atoms with Gasteiger partial charge in [0.1, 0.15) is 25.6 Å². The average molecular weight is 220 g/mol. The monoisotopic (exact) mass is 220 g/mol. The maximum absolute atomic E-state index is 9.10. The molecule has 0 aliphatic carbocycles. The Bertz CT molecular complexity index is 451. The standard InChI is InChI=1S/C12H12O4/c13-6-8-5-9-10(16-7-8)1-2-11-12(9)15-4-3-14-11/h1-2,5,13H,3-4,6-7H2. The first kappa shape index (κ1) is 9.54. The summed E-state index contributed by atoms with van der Waals surface area (Å²) in [5.74, 6) is 2.24. The number of fused-ring (bicyclic) bond motifs is 3. The van der Waals surface area contributed by atoms with Crippen molar-refractivity contribution < 1.29 is 19.3 Å². The predicted octanol–water partition coefficient (Wildman–Crippen LogP) is 1.23. The van der Waals surface area contributed by atoms with Gasteiger partial charge in [-0.3, -0.25) is 0 Å². The SMILES string of the molecule is OCC1=Cc2c(ccc3c2OCCO3)OC1. The molecule has 0 amide bonds. The topological polar surface area (TPSA) is 47.9 Å². The van der Waals surface area contributed by atoms with Crippen LogP contribution in [0.1, 0.15) is 5.56 Å². The van der Waals surface area contributed by atoms with E-state index in [1.54, 1.807) is 0 Å². The zero-order chi connectivity index (χ0) is 11.0. The fourth-order valence-electron chi connectivity index (χ4n) is 1.89. The van der Waals surface area contributed by atoms with Gasteiger partial charge in [-0.15, -0.1) is 0 Å². The second kappa shape index (κ2) is 3.72. The summed E-state index contributed by atoms with van der Waals surface area (Å²) >= 11 is 0. The lowest BCUT2D eigenvalue weighted by Gasteiger charge is -2.24. The highest BCUT2D eigenvalue weighted by Crippen LogP contribution is 2.42. The molecule has 1 aromatic carbocycles. The van der Waals surface area contributed by atoms with Crippen LogP contribution < -0.4 is 14.2 Å². The molecule has 2 heterocycles. The minimum absolute atomic E-state index is 0.00393. The molecule has 0 saturated carbocycles. The molecule has 0 bridgehead atoms. The molecule has 0 atom stereocenters. The van der Waals surface area contributed by atoms with E-state index in [9.17, 15) is 0 Å². The van der Waals surface area contributed by atoms with Gasteiger partial charge < -0.3 is 19.3 Å². The van der Waals surface area contributed by atoms with E-state index >= 15 is 0 Å². The lowest BCUT2D eigenvalue weighted by atomic mass is 10.1. The first-order valence-corrected chi connectivity index (χ1v) is 5.24. The van der Waals surface area contributed by atoms with E-state index in [0.717, 1.165) is 28.4 Å². The normalized spacial score (nSPS) is 17.2. The third kappa shape index (κ3) is 1.42. The van der Waals surface area contributed by atoms with E-state index in [2.05, 4.69) is 0 Å². The molecule has 0 spiro atoms. The van der Waals surface area contributed by atoms with Crippen LogP contribution in [0.3, 0.4) is 0 Å². The third-order valence-corrected chi connectivity index (χ3v) is 2.67. The second-order valence-electron chi connectivity index (χ2n) is 3.75. The molecule has 0 radical (unpaired) electrons. The van der Waals surface area contributed by atoms with Crippen molar-refractivity contribution in [2.75, 3.05) is 26.4 Å². The summed E-state index contributed by atoms with van der Waals surface area (Å²) in [6.45, 7) is 1.56. The molecule has 1 N–H and O–H groups in total. The fourth-order valence-corrected chi connectivity index (χ4v) is 1.89. The van der Waals surface area contributed by atoms with Gasteiger partial charge in [0.15, 0.2) is 11.5 Å². The largest absolute Gasteiger partial charge is 0.488 e. The smallest absolute Gasteiger partial charge is 0.172 e. The first-order valence-electron chi connectivity index (χ1n) is 5.24. The van der Waals surface area contributed by atoms with E-state index in [4.69, 9.17) is 19.3 Å². The number of aliphatic hydroxyl groups is 1. The zero-order valence-corrected chi connectivity index (χ0v) is 8.73. The Hall–Kier alpha value is -1.68. The molecule has 16 heavy (non-hydrogen) atoms. The molecule has 3 rings (SSSR count). The molecule has 2 aliphatic heterocycles. The number of hydrogen-bond acceptors (Lipinski definition) is 4. The van der Waals surface area contributed by atoms with E-state index in [0.29, 0.717) is 19.8 Å². The van der Waals surface area contributed by atoms with E-state index in [1.807, 2.05) is 18.2 Å². The van der Waals surface area contributed by atoms with Gasteiger partial charge in [-0.1, -0.05) is 0 Å². The maximum atomic E-state index is 9.10. The van der Waals surface area contributed by atoms with Crippen molar-refractivity contribution in [3.8, 4) is 17.2 Å². The summed E-state index contributed by atoms with van der Waals surface area (Å²) in [6, 6.07) is 3.72. The molecule has 4 nitrogen and oxygen atoms in total. The van der Waals surface area contributed by atoms with Crippen molar-refractivity contribution >= 4 is 6.08 Å². The highest BCUT2D eigenvalue weighted by molar-refractivity contribution is 5.71. The quantitative estimate of drug-likeness (QED) is 0.773. The van der Waals surface area contributed by atoms with Crippen molar-refractivity contribution in [1.82, 2.24) is 0 Å². The van der Waals surface area contributed by atoms with Crippen LogP contribution in [0, 0.1) is 0 Å². The molecule has 84 valence electrons. The highest BCUT2D eigenvalue weighted by Gasteiger charge is 2.21. The van der Waals surface area contributed by atoms with Gasteiger partial charge in [0, 0.05) is 0 Å². The lowest BCUT2D eigenvalue weighted by molar-refractivity contribution is 0.169. The Morgan fingerprint density at radius 2 is 1.88 bits per heavy atom. The second-order valence-corrected chi connectivity index (χ2v) is 3.75. The summed E-state index contributed by atoms with van der Waals surface area (Å²) in [4.78, 5) is 0. The molecule has 0 unspecified atom stereocenters. The van der Waals surface area contributed by atoms with Crippen LogP contribution in [-0.2, 0) is 0 Å². The molecule has 4 heteroatoms. The molecule has 0 fully saturated rings. The molecule has 0 aromatic heterocycles. The number of ether oxygens (including phenoxy) is 3. The highest BCUT2D eigenvalue weighted by atomic mass is 16.6. The van der Waals surface area contributed by atoms with Crippen LogP contribution in [0.5, 0.6) is 17.2 Å². The summed E-state index contributed by atoms with van der Waals surface area (Å²) in [5, 5.41) is 9.10. The van der Waals surface area contributed by atoms with Crippen LogP contribution >= 0.6 is 0 Å². The number of hydrogen-bond donors (Lipinski definition) is 1. The lowest BCUT2D eigenvalue weighted by Crippen LogP contribution is -2.18. The molecule has 2 aliphatic rings. The van der Waals surface area contributed by atoms with Crippen LogP contribution in [0.15, 0.2) is 17.7 Å². The molecule has 1 aromatic rings. The van der Waals surface area contributed by atoms with Crippen molar-refractivity contribution in [2.45, 2.75) is 0 Å². The van der Waals surface area contributed by atoms with Gasteiger partial charge in [0.2, 0.25) is 0 Å². The van der Waals surface area contributed by atoms with Gasteiger partial charge >= 0.3 is 0 Å². The van der Waals surface area contributed by atoms with Gasteiger partial charge in [-0.2, -0.15) is 0 Å². The number of rotatable bonds is 1. The first-order chi connectivity index (χ1) is 7.88. The Kier molecular flexibility index (Phi) is 2.22. The Morgan fingerprint density at radius 1 is 1.06 bits per heavy atom. The van der Waals surface area contributed by atoms with Crippen molar-refractivity contribution in [1.29, 1.82) is 0 Å². The summed E-state index contributed by atoms with van der Waals surface area (Å²) in [5.41, 5.74) is 1.71. The van der Waals surface area contributed by atoms with Gasteiger partial charge in [0.05, 0.1) is 12.2 Å². The van der Waals surface area contributed by atoms with Crippen molar-refractivity contribution in [3.63, 3.8) is 0 Å². The molecular weight excluding hydrogens is 208 g/mol. The Labute approximate surface area is 93.1 Å². The third-order valence-electron chi connectivity index (χ3n) is 2.67. The zero-order valence-electron chi connectivity index (χ0n) is 8.73. The van der Waals surface area contributed by atoms with Gasteiger partial charge in [0.25, 0.3) is 0 Å². The average Bonchev–Trinajstić information content (AvgIpc) is 2.38. The Balaban J connectivity index is 2.12. The predicted molar refractivity (Wildman–Crippen MR) is 58.0 cm³/mol. The number of benzene rings is 1. The number of aliphatic hydroxyl groups excluding tert-OH is 1. The maximum Gasteiger partial charge on any atom is 0.172 e. The summed E-state index contributed by atoms with van der Waals surface area (Å²) in [6.07, 6.45) is 1.91. The molecular formula is C12H12O4. The minimum atomic E-state index is 0.00393. The van der Waals surface area contributed by atoms with Crippen LogP contribution in [0.25, 0.3) is 6.08 Å². The van der Waals surface area contributed by atoms with Crippen molar-refractivity contribution in [3.05, 3.63) is 23.3 Å². The summed E-state index contributed by atoms with van der Waals surface area (Å²) in [7, 11) is 0. The van der Waals surface area contributed by atoms with Gasteiger partial charge in [-0.25, -0.2) is 0 Å². The van der Waals surface area contributed by atoms with Crippen LogP contribution in [0.4, 0.5) is 0 Å². The van der Waals surface area contributed by atoms with Gasteiger partial charge in [-0.05, 0) is 23.8 Å². The molecule has 0 saturated heterocycles. The van der Waals surface area contributed by atoms with E-state index in [1.165, 1.54) is 0 Å². The van der Waals surface area contributed by atoms with Crippen molar-refractivity contribution in [2.24, 2.45) is 0 Å². The fraction of sp³-hybridized carbons (Fsp3) is 0.333. The summed E-state index contributed by atoms with van der Waals surface area (Å²) < 4.78 is 16.6. The van der Waals surface area contributed by atoms with E-state index < -0.39 is 0 Å². The minimum Gasteiger partial charge on any atom is -0.488 e. The van der Waals surface area contributed by atoms with E-state index in [-0.39, 0.29) is 6.61 Å². The van der Waals surface area contributed by atoms with Crippen LogP contribution in [-0.4, -0.2) is 31.5 Å².